The van der Waals surface area contributed by atoms with E-state index in [1.807, 2.05) is 43.5 Å². The van der Waals surface area contributed by atoms with E-state index in [2.05, 4.69) is 15.2 Å². The highest BCUT2D eigenvalue weighted by atomic mass is 16.5. The van der Waals surface area contributed by atoms with Crippen LogP contribution in [0.25, 0.3) is 5.69 Å². The quantitative estimate of drug-likeness (QED) is 0.855. The average Bonchev–Trinajstić information content (AvgIpc) is 3.19. The van der Waals surface area contributed by atoms with Crippen LogP contribution in [0.5, 0.6) is 0 Å². The molecule has 120 valence electrons. The molecule has 1 aliphatic rings. The zero-order valence-electron chi connectivity index (χ0n) is 13.1. The van der Waals surface area contributed by atoms with Crippen LogP contribution in [-0.4, -0.2) is 28.8 Å². The molecule has 0 spiro atoms. The molecular weight excluding hydrogens is 294 g/mol. The van der Waals surface area contributed by atoms with E-state index in [1.54, 1.807) is 10.9 Å². The normalized spacial score (nSPS) is 20.6. The lowest BCUT2D eigenvalue weighted by Crippen LogP contribution is -2.29. The van der Waals surface area contributed by atoms with E-state index in [0.29, 0.717) is 6.42 Å². The molecule has 1 aliphatic carbocycles. The molecule has 0 unspecified atom stereocenters. The number of amides is 1. The van der Waals surface area contributed by atoms with Crippen molar-refractivity contribution in [3.63, 3.8) is 0 Å². The van der Waals surface area contributed by atoms with Crippen LogP contribution in [0, 0.1) is 11.8 Å². The third-order valence-corrected chi connectivity index (χ3v) is 4.13. The molecule has 1 aromatic heterocycles. The zero-order chi connectivity index (χ0) is 16.4. The SMILES string of the molecule is COC(=O)[C@@H]1C[C@@H]1C(=O)N[C@@H](C)c1cccc(-n2cccn2)c1. The van der Waals surface area contributed by atoms with Crippen molar-refractivity contribution in [2.45, 2.75) is 19.4 Å². The number of benzene rings is 1. The highest BCUT2D eigenvalue weighted by Gasteiger charge is 2.49. The number of ether oxygens (including phenoxy) is 1. The molecule has 3 atom stereocenters. The number of hydrogen-bond donors (Lipinski definition) is 1. The molecule has 0 bridgehead atoms. The molecular formula is C17H19N3O3. The molecule has 1 amide bonds. The van der Waals surface area contributed by atoms with Crippen molar-refractivity contribution < 1.29 is 14.3 Å². The summed E-state index contributed by atoms with van der Waals surface area (Å²) in [6, 6.07) is 9.56. The van der Waals surface area contributed by atoms with Crippen molar-refractivity contribution in [2.24, 2.45) is 11.8 Å². The fourth-order valence-electron chi connectivity index (χ4n) is 2.66. The molecule has 1 saturated carbocycles. The number of esters is 1. The Morgan fingerprint density at radius 3 is 2.87 bits per heavy atom. The smallest absolute Gasteiger partial charge is 0.309 e. The lowest BCUT2D eigenvalue weighted by molar-refractivity contribution is -0.143. The number of rotatable bonds is 5. The van der Waals surface area contributed by atoms with Gasteiger partial charge in [0.15, 0.2) is 0 Å². The second-order valence-electron chi connectivity index (χ2n) is 5.75. The lowest BCUT2D eigenvalue weighted by atomic mass is 10.1. The van der Waals surface area contributed by atoms with Gasteiger partial charge in [-0.05, 0) is 37.1 Å². The third-order valence-electron chi connectivity index (χ3n) is 4.13. The van der Waals surface area contributed by atoms with E-state index in [-0.39, 0.29) is 29.8 Å². The molecule has 0 saturated heterocycles. The topological polar surface area (TPSA) is 73.2 Å². The van der Waals surface area contributed by atoms with Gasteiger partial charge in [-0.1, -0.05) is 12.1 Å². The van der Waals surface area contributed by atoms with Crippen LogP contribution >= 0.6 is 0 Å². The van der Waals surface area contributed by atoms with Gasteiger partial charge in [0.1, 0.15) is 0 Å². The maximum absolute atomic E-state index is 12.2. The fourth-order valence-corrected chi connectivity index (χ4v) is 2.66. The van der Waals surface area contributed by atoms with Gasteiger partial charge in [-0.15, -0.1) is 0 Å². The van der Waals surface area contributed by atoms with Gasteiger partial charge in [-0.3, -0.25) is 9.59 Å². The summed E-state index contributed by atoms with van der Waals surface area (Å²) in [5, 5.41) is 7.17. The predicted molar refractivity (Wildman–Crippen MR) is 83.7 cm³/mol. The monoisotopic (exact) mass is 313 g/mol. The molecule has 3 rings (SSSR count). The van der Waals surface area contributed by atoms with Gasteiger partial charge in [-0.2, -0.15) is 5.10 Å². The van der Waals surface area contributed by atoms with Gasteiger partial charge in [0.25, 0.3) is 0 Å². The summed E-state index contributed by atoms with van der Waals surface area (Å²) < 4.78 is 6.44. The molecule has 0 radical (unpaired) electrons. The van der Waals surface area contributed by atoms with Crippen molar-refractivity contribution in [1.29, 1.82) is 0 Å². The van der Waals surface area contributed by atoms with Crippen LogP contribution in [0.4, 0.5) is 0 Å². The summed E-state index contributed by atoms with van der Waals surface area (Å²) in [7, 11) is 1.35. The Hall–Kier alpha value is -2.63. The Morgan fingerprint density at radius 2 is 2.17 bits per heavy atom. The van der Waals surface area contributed by atoms with Crippen molar-refractivity contribution in [2.75, 3.05) is 7.11 Å². The third kappa shape index (κ3) is 3.26. The maximum atomic E-state index is 12.2. The van der Waals surface area contributed by atoms with Crippen LogP contribution in [-0.2, 0) is 14.3 Å². The Bertz CT molecular complexity index is 712. The minimum absolute atomic E-state index is 0.0996. The summed E-state index contributed by atoms with van der Waals surface area (Å²) in [4.78, 5) is 23.6. The number of carbonyl (C=O) groups is 2. The average molecular weight is 313 g/mol. The van der Waals surface area contributed by atoms with E-state index >= 15 is 0 Å². The summed E-state index contributed by atoms with van der Waals surface area (Å²) in [6.45, 7) is 1.93. The second-order valence-corrected chi connectivity index (χ2v) is 5.75. The number of carbonyl (C=O) groups excluding carboxylic acids is 2. The summed E-state index contributed by atoms with van der Waals surface area (Å²) in [5.74, 6) is -0.960. The summed E-state index contributed by atoms with van der Waals surface area (Å²) >= 11 is 0. The van der Waals surface area contributed by atoms with Crippen molar-refractivity contribution in [3.05, 3.63) is 48.3 Å². The number of methoxy groups -OCH3 is 1. The van der Waals surface area contributed by atoms with Crippen LogP contribution in [0.1, 0.15) is 24.9 Å². The first-order valence-corrected chi connectivity index (χ1v) is 7.58. The number of aromatic nitrogens is 2. The van der Waals surface area contributed by atoms with Gasteiger partial charge in [0.05, 0.1) is 30.7 Å². The van der Waals surface area contributed by atoms with Crippen LogP contribution < -0.4 is 5.32 Å². The van der Waals surface area contributed by atoms with Gasteiger partial charge < -0.3 is 10.1 Å². The summed E-state index contributed by atoms with van der Waals surface area (Å²) in [6.07, 6.45) is 4.16. The van der Waals surface area contributed by atoms with E-state index in [0.717, 1.165) is 11.3 Å². The van der Waals surface area contributed by atoms with Crippen molar-refractivity contribution in [3.8, 4) is 5.69 Å². The van der Waals surface area contributed by atoms with E-state index in [9.17, 15) is 9.59 Å². The van der Waals surface area contributed by atoms with Gasteiger partial charge in [0, 0.05) is 12.4 Å². The largest absolute Gasteiger partial charge is 0.469 e. The number of hydrogen-bond acceptors (Lipinski definition) is 4. The van der Waals surface area contributed by atoms with E-state index in [4.69, 9.17) is 0 Å². The van der Waals surface area contributed by atoms with E-state index in [1.165, 1.54) is 7.11 Å². The number of nitrogens with zero attached hydrogens (tertiary/aromatic N) is 2. The zero-order valence-corrected chi connectivity index (χ0v) is 13.1. The maximum Gasteiger partial charge on any atom is 0.309 e. The van der Waals surface area contributed by atoms with Crippen LogP contribution in [0.3, 0.4) is 0 Å². The van der Waals surface area contributed by atoms with Crippen molar-refractivity contribution >= 4 is 11.9 Å². The van der Waals surface area contributed by atoms with Crippen LogP contribution in [0.15, 0.2) is 42.7 Å². The fraction of sp³-hybridized carbons (Fsp3) is 0.353. The first-order chi connectivity index (χ1) is 11.1. The van der Waals surface area contributed by atoms with Crippen LogP contribution in [0.2, 0.25) is 0 Å². The minimum atomic E-state index is -0.307. The minimum Gasteiger partial charge on any atom is -0.469 e. The highest BCUT2D eigenvalue weighted by molar-refractivity contribution is 5.90. The molecule has 23 heavy (non-hydrogen) atoms. The molecule has 1 N–H and O–H groups in total. The predicted octanol–water partition coefficient (Wildman–Crippen LogP) is 1.86. The first-order valence-electron chi connectivity index (χ1n) is 7.58. The van der Waals surface area contributed by atoms with Gasteiger partial charge in [0.2, 0.25) is 5.91 Å². The molecule has 1 fully saturated rings. The van der Waals surface area contributed by atoms with E-state index < -0.39 is 0 Å². The second kappa shape index (κ2) is 6.24. The highest BCUT2D eigenvalue weighted by Crippen LogP contribution is 2.39. The molecule has 1 heterocycles. The van der Waals surface area contributed by atoms with Gasteiger partial charge in [-0.25, -0.2) is 4.68 Å². The molecule has 2 aromatic rings. The Kier molecular flexibility index (Phi) is 4.14. The first kappa shape index (κ1) is 15.3. The Balaban J connectivity index is 1.65. The molecule has 0 aliphatic heterocycles. The van der Waals surface area contributed by atoms with Crippen molar-refractivity contribution in [1.82, 2.24) is 15.1 Å². The molecule has 6 heteroatoms. The lowest BCUT2D eigenvalue weighted by Gasteiger charge is -2.15. The standard InChI is InChI=1S/C17H19N3O3/c1-11(19-16(21)14-10-15(14)17(22)23-2)12-5-3-6-13(9-12)20-8-4-7-18-20/h3-9,11,14-15H,10H2,1-2H3,(H,19,21)/t11-,14-,15+/m0/s1. The molecule has 6 nitrogen and oxygen atoms in total. The Morgan fingerprint density at radius 1 is 1.35 bits per heavy atom. The molecule has 1 aromatic carbocycles. The Labute approximate surface area is 134 Å². The summed E-state index contributed by atoms with van der Waals surface area (Å²) in [5.41, 5.74) is 1.93. The van der Waals surface area contributed by atoms with Gasteiger partial charge >= 0.3 is 5.97 Å². The number of nitrogens with one attached hydrogen (secondary N) is 1.